The number of hydrogen-bond donors (Lipinski definition) is 1. The highest BCUT2D eigenvalue weighted by Crippen LogP contribution is 2.20. The molecule has 0 aromatic carbocycles. The number of nitrogens with one attached hydrogen (secondary N) is 1. The highest BCUT2D eigenvalue weighted by atomic mass is 32.1. The molecule has 6 heteroatoms. The lowest BCUT2D eigenvalue weighted by atomic mass is 10.4. The summed E-state index contributed by atoms with van der Waals surface area (Å²) in [5.41, 5.74) is 1.01. The van der Waals surface area contributed by atoms with Gasteiger partial charge in [-0.25, -0.2) is 4.98 Å². The Hall–Kier alpha value is -0.980. The summed E-state index contributed by atoms with van der Waals surface area (Å²) in [6, 6.07) is 0. The van der Waals surface area contributed by atoms with E-state index in [1.165, 1.54) is 17.8 Å². The molecular formula is C15H28N4OS. The minimum Gasteiger partial charge on any atom is -0.310 e. The molecule has 1 N–H and O–H groups in total. The van der Waals surface area contributed by atoms with Gasteiger partial charge in [0, 0.05) is 38.5 Å². The van der Waals surface area contributed by atoms with Gasteiger partial charge in [0.1, 0.15) is 0 Å². The molecule has 0 spiro atoms. The molecule has 0 atom stereocenters. The maximum Gasteiger partial charge on any atom is 0.225 e. The monoisotopic (exact) mass is 312 g/mol. The molecule has 1 amide bonds. The third kappa shape index (κ3) is 6.11. The number of amides is 1. The summed E-state index contributed by atoms with van der Waals surface area (Å²) >= 11 is 1.53. The van der Waals surface area contributed by atoms with Crippen LogP contribution in [-0.2, 0) is 11.3 Å². The summed E-state index contributed by atoms with van der Waals surface area (Å²) in [7, 11) is 0. The molecule has 0 fully saturated rings. The first-order valence-corrected chi connectivity index (χ1v) is 8.65. The van der Waals surface area contributed by atoms with E-state index in [0.29, 0.717) is 6.54 Å². The average molecular weight is 312 g/mol. The summed E-state index contributed by atoms with van der Waals surface area (Å²) in [4.78, 5) is 20.2. The van der Waals surface area contributed by atoms with Crippen molar-refractivity contribution in [1.82, 2.24) is 15.2 Å². The number of hydrogen-bond acceptors (Lipinski definition) is 5. The molecule has 0 radical (unpaired) electrons. The second-order valence-electron chi connectivity index (χ2n) is 5.00. The minimum atomic E-state index is 0.0458. The summed E-state index contributed by atoms with van der Waals surface area (Å²) in [5, 5.41) is 6.24. The van der Waals surface area contributed by atoms with Crippen molar-refractivity contribution in [1.29, 1.82) is 0 Å². The lowest BCUT2D eigenvalue weighted by Crippen LogP contribution is -2.32. The Kier molecular flexibility index (Phi) is 8.49. The molecule has 0 saturated carbocycles. The van der Waals surface area contributed by atoms with Gasteiger partial charge in [-0.15, -0.1) is 11.3 Å². The molecule has 1 heterocycles. The number of anilines is 1. The maximum absolute atomic E-state index is 11.5. The molecule has 1 aromatic rings. The van der Waals surface area contributed by atoms with Gasteiger partial charge in [0.05, 0.1) is 5.69 Å². The molecule has 0 aliphatic carbocycles. The van der Waals surface area contributed by atoms with Crippen molar-refractivity contribution >= 4 is 22.4 Å². The van der Waals surface area contributed by atoms with Gasteiger partial charge in [-0.3, -0.25) is 9.69 Å². The fourth-order valence-electron chi connectivity index (χ4n) is 2.19. The van der Waals surface area contributed by atoms with Crippen molar-refractivity contribution in [3.8, 4) is 0 Å². The van der Waals surface area contributed by atoms with Gasteiger partial charge < -0.3 is 10.2 Å². The average Bonchev–Trinajstić information content (AvgIpc) is 2.91. The molecule has 0 aliphatic heterocycles. The largest absolute Gasteiger partial charge is 0.310 e. The summed E-state index contributed by atoms with van der Waals surface area (Å²) in [6.07, 6.45) is 1.20. The highest BCUT2D eigenvalue weighted by molar-refractivity contribution is 7.14. The number of carbonyl (C=O) groups excluding carboxylic acids is 1. The zero-order valence-electron chi connectivity index (χ0n) is 13.7. The van der Waals surface area contributed by atoms with Crippen LogP contribution in [0.3, 0.4) is 0 Å². The van der Waals surface area contributed by atoms with Gasteiger partial charge in [0.15, 0.2) is 5.13 Å². The fraction of sp³-hybridized carbons (Fsp3) is 0.733. The van der Waals surface area contributed by atoms with Crippen LogP contribution in [0.4, 0.5) is 5.13 Å². The van der Waals surface area contributed by atoms with E-state index in [2.05, 4.69) is 29.0 Å². The Morgan fingerprint density at radius 3 is 2.62 bits per heavy atom. The van der Waals surface area contributed by atoms with Gasteiger partial charge in [0.25, 0.3) is 0 Å². The number of carbonyl (C=O) groups is 1. The van der Waals surface area contributed by atoms with Gasteiger partial charge in [-0.2, -0.15) is 0 Å². The van der Waals surface area contributed by atoms with Crippen LogP contribution in [0.25, 0.3) is 0 Å². The van der Waals surface area contributed by atoms with Crippen LogP contribution in [0.5, 0.6) is 0 Å². The van der Waals surface area contributed by atoms with Crippen molar-refractivity contribution in [2.24, 2.45) is 0 Å². The minimum absolute atomic E-state index is 0.0458. The first-order valence-electron chi connectivity index (χ1n) is 7.77. The predicted octanol–water partition coefficient (Wildman–Crippen LogP) is 2.34. The van der Waals surface area contributed by atoms with Crippen molar-refractivity contribution in [3.63, 3.8) is 0 Å². The Bertz CT molecular complexity index is 422. The maximum atomic E-state index is 11.5. The number of likely N-dealkylation sites (N-methyl/N-ethyl adjacent to an activating group) is 1. The molecular weight excluding hydrogens is 284 g/mol. The smallest absolute Gasteiger partial charge is 0.225 e. The molecule has 1 rings (SSSR count). The first-order chi connectivity index (χ1) is 10.1. The van der Waals surface area contributed by atoms with E-state index in [1.54, 1.807) is 11.8 Å². The van der Waals surface area contributed by atoms with E-state index in [1.807, 2.05) is 12.3 Å². The lowest BCUT2D eigenvalue weighted by Gasteiger charge is -2.19. The van der Waals surface area contributed by atoms with E-state index >= 15 is 0 Å². The lowest BCUT2D eigenvalue weighted by molar-refractivity contribution is -0.116. The van der Waals surface area contributed by atoms with Gasteiger partial charge >= 0.3 is 0 Å². The van der Waals surface area contributed by atoms with Gasteiger partial charge in [-0.05, 0) is 26.4 Å². The van der Waals surface area contributed by atoms with Crippen LogP contribution < -0.4 is 10.2 Å². The Labute approximate surface area is 132 Å². The second kappa shape index (κ2) is 9.87. The van der Waals surface area contributed by atoms with Crippen LogP contribution >= 0.6 is 11.3 Å². The molecule has 21 heavy (non-hydrogen) atoms. The zero-order valence-corrected chi connectivity index (χ0v) is 14.5. The topological polar surface area (TPSA) is 48.5 Å². The Balaban J connectivity index is 2.36. The zero-order chi connectivity index (χ0) is 15.7. The number of rotatable bonds is 10. The summed E-state index contributed by atoms with van der Waals surface area (Å²) < 4.78 is 0. The second-order valence-corrected chi connectivity index (χ2v) is 5.83. The van der Waals surface area contributed by atoms with Crippen molar-refractivity contribution in [2.45, 2.75) is 40.7 Å². The summed E-state index contributed by atoms with van der Waals surface area (Å²) in [6.45, 7) is 13.7. The van der Waals surface area contributed by atoms with Crippen LogP contribution in [-0.4, -0.2) is 48.5 Å². The van der Waals surface area contributed by atoms with Crippen molar-refractivity contribution < 1.29 is 4.79 Å². The number of thiazole rings is 1. The molecule has 0 saturated heterocycles. The summed E-state index contributed by atoms with van der Waals surface area (Å²) in [5.74, 6) is 0.0458. The van der Waals surface area contributed by atoms with Crippen LogP contribution in [0.1, 0.15) is 39.8 Å². The van der Waals surface area contributed by atoms with Gasteiger partial charge in [-0.1, -0.05) is 13.8 Å². The van der Waals surface area contributed by atoms with Crippen LogP contribution in [0, 0.1) is 0 Å². The van der Waals surface area contributed by atoms with E-state index in [-0.39, 0.29) is 5.91 Å². The predicted molar refractivity (Wildman–Crippen MR) is 89.9 cm³/mol. The molecule has 0 aliphatic rings. The van der Waals surface area contributed by atoms with Crippen LogP contribution in [0.2, 0.25) is 0 Å². The molecule has 0 unspecified atom stereocenters. The van der Waals surface area contributed by atoms with E-state index in [0.717, 1.165) is 43.5 Å². The van der Waals surface area contributed by atoms with Crippen molar-refractivity contribution in [3.05, 3.63) is 11.1 Å². The van der Waals surface area contributed by atoms with Crippen LogP contribution in [0.15, 0.2) is 5.38 Å². The van der Waals surface area contributed by atoms with E-state index in [9.17, 15) is 4.79 Å². The number of aromatic nitrogens is 1. The van der Waals surface area contributed by atoms with Crippen molar-refractivity contribution in [2.75, 3.05) is 37.6 Å². The third-order valence-corrected chi connectivity index (χ3v) is 4.28. The standard InChI is InChI=1S/C15H28N4OS/c1-5-9-18(6-2)10-8-16-11-14-12-21-15(17-14)19(7-3)13(4)20/h12,16H,5-11H2,1-4H3. The fourth-order valence-corrected chi connectivity index (χ4v) is 3.12. The quantitative estimate of drug-likeness (QED) is 0.674. The molecule has 120 valence electrons. The third-order valence-electron chi connectivity index (χ3n) is 3.36. The van der Waals surface area contributed by atoms with E-state index < -0.39 is 0 Å². The SMILES string of the molecule is CCCN(CC)CCNCc1csc(N(CC)C(C)=O)n1. The Morgan fingerprint density at radius 1 is 1.29 bits per heavy atom. The Morgan fingerprint density at radius 2 is 2.05 bits per heavy atom. The first kappa shape index (κ1) is 18.1. The van der Waals surface area contributed by atoms with E-state index in [4.69, 9.17) is 0 Å². The molecule has 1 aromatic heterocycles. The highest BCUT2D eigenvalue weighted by Gasteiger charge is 2.13. The van der Waals surface area contributed by atoms with Gasteiger partial charge in [0.2, 0.25) is 5.91 Å². The normalized spacial score (nSPS) is 11.1. The molecule has 0 bridgehead atoms. The molecule has 5 nitrogen and oxygen atoms in total. The number of nitrogens with zero attached hydrogens (tertiary/aromatic N) is 3.